The van der Waals surface area contributed by atoms with Gasteiger partial charge in [0.2, 0.25) is 0 Å². The number of carboxylic acids is 1. The van der Waals surface area contributed by atoms with Gasteiger partial charge in [0.05, 0.1) is 5.56 Å². The van der Waals surface area contributed by atoms with Crippen LogP contribution >= 0.6 is 0 Å². The van der Waals surface area contributed by atoms with Crippen molar-refractivity contribution in [1.29, 1.82) is 0 Å². The van der Waals surface area contributed by atoms with Crippen LogP contribution in [-0.2, 0) is 0 Å². The summed E-state index contributed by atoms with van der Waals surface area (Å²) in [5, 5.41) is 14.3. The zero-order valence-corrected chi connectivity index (χ0v) is 13.3. The second-order valence-electron chi connectivity index (χ2n) is 5.77. The maximum Gasteiger partial charge on any atom is 0.336 e. The number of aryl methyl sites for hydroxylation is 3. The number of hydrogen-bond donors (Lipinski definition) is 2. The zero-order chi connectivity index (χ0) is 16.6. The smallest absolute Gasteiger partial charge is 0.336 e. The van der Waals surface area contributed by atoms with Gasteiger partial charge in [0, 0.05) is 17.3 Å². The number of carbonyl (C=O) groups is 1. The molecule has 0 bridgehead atoms. The number of fused-ring (bicyclic) bond motifs is 1. The summed E-state index contributed by atoms with van der Waals surface area (Å²) in [7, 11) is 0. The number of nitrogens with zero attached hydrogens (tertiary/aromatic N) is 1. The van der Waals surface area contributed by atoms with Crippen molar-refractivity contribution in [3.05, 3.63) is 64.8 Å². The molecule has 0 saturated carbocycles. The predicted octanol–water partition coefficient (Wildman–Crippen LogP) is 4.60. The van der Waals surface area contributed by atoms with Crippen LogP contribution < -0.4 is 5.32 Å². The molecule has 23 heavy (non-hydrogen) atoms. The molecule has 0 amide bonds. The molecule has 0 spiro atoms. The van der Waals surface area contributed by atoms with Crippen LogP contribution in [0.15, 0.2) is 42.6 Å². The van der Waals surface area contributed by atoms with E-state index in [1.807, 2.05) is 26.0 Å². The van der Waals surface area contributed by atoms with E-state index in [4.69, 9.17) is 0 Å². The molecule has 3 aromatic rings. The highest BCUT2D eigenvalue weighted by molar-refractivity contribution is 6.08. The average Bonchev–Trinajstić information content (AvgIpc) is 2.50. The van der Waals surface area contributed by atoms with Crippen molar-refractivity contribution in [2.75, 3.05) is 5.32 Å². The van der Waals surface area contributed by atoms with Gasteiger partial charge < -0.3 is 10.4 Å². The number of anilines is 2. The average molecular weight is 306 g/mol. The van der Waals surface area contributed by atoms with E-state index < -0.39 is 5.97 Å². The van der Waals surface area contributed by atoms with E-state index in [0.717, 1.165) is 22.2 Å². The first kappa shape index (κ1) is 15.0. The normalized spacial score (nSPS) is 10.7. The first-order valence-corrected chi connectivity index (χ1v) is 7.43. The minimum Gasteiger partial charge on any atom is -0.478 e. The summed E-state index contributed by atoms with van der Waals surface area (Å²) in [4.78, 5) is 15.9. The number of nitrogens with one attached hydrogen (secondary N) is 1. The van der Waals surface area contributed by atoms with Crippen LogP contribution in [-0.4, -0.2) is 16.1 Å². The van der Waals surface area contributed by atoms with Crippen LogP contribution in [0.5, 0.6) is 0 Å². The van der Waals surface area contributed by atoms with Gasteiger partial charge in [-0.25, -0.2) is 9.78 Å². The largest absolute Gasteiger partial charge is 0.478 e. The number of pyridine rings is 1. The molecule has 116 valence electrons. The zero-order valence-electron chi connectivity index (χ0n) is 13.3. The first-order valence-electron chi connectivity index (χ1n) is 7.43. The molecule has 2 aromatic carbocycles. The van der Waals surface area contributed by atoms with E-state index in [1.165, 1.54) is 5.56 Å². The van der Waals surface area contributed by atoms with Crippen molar-refractivity contribution < 1.29 is 9.90 Å². The molecule has 1 aromatic heterocycles. The van der Waals surface area contributed by atoms with Crippen molar-refractivity contribution in [1.82, 2.24) is 4.98 Å². The van der Waals surface area contributed by atoms with Gasteiger partial charge in [-0.15, -0.1) is 0 Å². The highest BCUT2D eigenvalue weighted by atomic mass is 16.4. The van der Waals surface area contributed by atoms with Crippen molar-refractivity contribution in [2.24, 2.45) is 0 Å². The van der Waals surface area contributed by atoms with Crippen LogP contribution in [0.1, 0.15) is 27.0 Å². The minimum absolute atomic E-state index is 0.250. The molecule has 3 rings (SSSR count). The van der Waals surface area contributed by atoms with Crippen LogP contribution in [0.2, 0.25) is 0 Å². The molecular weight excluding hydrogens is 288 g/mol. The molecule has 1 heterocycles. The number of carboxylic acid groups (broad SMARTS) is 1. The fourth-order valence-electron chi connectivity index (χ4n) is 3.00. The Bertz CT molecular complexity index is 888. The summed E-state index contributed by atoms with van der Waals surface area (Å²) in [6, 6.07) is 11.3. The molecule has 0 fully saturated rings. The van der Waals surface area contributed by atoms with Crippen LogP contribution in [0.4, 0.5) is 11.5 Å². The minimum atomic E-state index is -0.955. The molecule has 0 saturated heterocycles. The summed E-state index contributed by atoms with van der Waals surface area (Å²) >= 11 is 0. The van der Waals surface area contributed by atoms with Gasteiger partial charge in [0.15, 0.2) is 0 Å². The summed E-state index contributed by atoms with van der Waals surface area (Å²) in [5.41, 5.74) is 4.63. The van der Waals surface area contributed by atoms with Gasteiger partial charge in [-0.05, 0) is 49.4 Å². The molecule has 0 atom stereocenters. The van der Waals surface area contributed by atoms with Crippen LogP contribution in [0, 0.1) is 20.8 Å². The lowest BCUT2D eigenvalue weighted by Crippen LogP contribution is -2.03. The number of hydrogen-bond acceptors (Lipinski definition) is 3. The lowest BCUT2D eigenvalue weighted by atomic mass is 10.0. The summed E-state index contributed by atoms with van der Waals surface area (Å²) in [6.07, 6.45) is 1.69. The van der Waals surface area contributed by atoms with Gasteiger partial charge in [-0.2, -0.15) is 0 Å². The van der Waals surface area contributed by atoms with Crippen molar-refractivity contribution in [3.8, 4) is 0 Å². The number of benzene rings is 2. The van der Waals surface area contributed by atoms with Gasteiger partial charge in [-0.1, -0.05) is 29.8 Å². The topological polar surface area (TPSA) is 62.2 Å². The monoisotopic (exact) mass is 306 g/mol. The standard InChI is InChI=1S/C19H18N2O2/c1-11-9-12(2)17(13(3)10-11)21-18-16-14(7-8-20-18)5-4-6-15(16)19(22)23/h4-10H,1-3H3,(H,20,21)(H,22,23). The molecule has 0 radical (unpaired) electrons. The van der Waals surface area contributed by atoms with Gasteiger partial charge >= 0.3 is 5.97 Å². The fourth-order valence-corrected chi connectivity index (χ4v) is 3.00. The maximum absolute atomic E-state index is 11.5. The second-order valence-corrected chi connectivity index (χ2v) is 5.77. The molecule has 0 aliphatic rings. The second kappa shape index (κ2) is 5.72. The van der Waals surface area contributed by atoms with E-state index in [1.54, 1.807) is 18.3 Å². The Labute approximate surface area is 134 Å². The highest BCUT2D eigenvalue weighted by Crippen LogP contribution is 2.31. The number of aromatic carboxylic acids is 1. The van der Waals surface area contributed by atoms with Gasteiger partial charge in [-0.3, -0.25) is 0 Å². The lowest BCUT2D eigenvalue weighted by Gasteiger charge is -2.15. The molecule has 0 unspecified atom stereocenters. The molecule has 0 aliphatic carbocycles. The van der Waals surface area contributed by atoms with E-state index >= 15 is 0 Å². The third-order valence-electron chi connectivity index (χ3n) is 3.94. The Morgan fingerprint density at radius 3 is 2.43 bits per heavy atom. The third-order valence-corrected chi connectivity index (χ3v) is 3.94. The number of rotatable bonds is 3. The summed E-state index contributed by atoms with van der Waals surface area (Å²) < 4.78 is 0. The summed E-state index contributed by atoms with van der Waals surface area (Å²) in [6.45, 7) is 6.12. The Morgan fingerprint density at radius 2 is 1.78 bits per heavy atom. The summed E-state index contributed by atoms with van der Waals surface area (Å²) in [5.74, 6) is -0.389. The van der Waals surface area contributed by atoms with E-state index in [9.17, 15) is 9.90 Å². The van der Waals surface area contributed by atoms with Crippen molar-refractivity contribution >= 4 is 28.2 Å². The molecule has 4 heteroatoms. The van der Waals surface area contributed by atoms with Crippen molar-refractivity contribution in [3.63, 3.8) is 0 Å². The Balaban J connectivity index is 2.20. The molecule has 4 nitrogen and oxygen atoms in total. The highest BCUT2D eigenvalue weighted by Gasteiger charge is 2.14. The van der Waals surface area contributed by atoms with Crippen molar-refractivity contribution in [2.45, 2.75) is 20.8 Å². The molecular formula is C19H18N2O2. The van der Waals surface area contributed by atoms with E-state index in [2.05, 4.69) is 29.4 Å². The SMILES string of the molecule is Cc1cc(C)c(Nc2nccc3cccc(C(=O)O)c23)c(C)c1. The first-order chi connectivity index (χ1) is 11.0. The van der Waals surface area contributed by atoms with E-state index in [-0.39, 0.29) is 5.56 Å². The fraction of sp³-hybridized carbons (Fsp3) is 0.158. The lowest BCUT2D eigenvalue weighted by molar-refractivity contribution is 0.0699. The predicted molar refractivity (Wildman–Crippen MR) is 92.6 cm³/mol. The van der Waals surface area contributed by atoms with Gasteiger partial charge in [0.1, 0.15) is 5.82 Å². The Hall–Kier alpha value is -2.88. The third kappa shape index (κ3) is 2.75. The Morgan fingerprint density at radius 1 is 1.09 bits per heavy atom. The maximum atomic E-state index is 11.5. The van der Waals surface area contributed by atoms with Crippen LogP contribution in [0.25, 0.3) is 10.8 Å². The molecule has 0 aliphatic heterocycles. The Kier molecular flexibility index (Phi) is 3.74. The van der Waals surface area contributed by atoms with Gasteiger partial charge in [0.25, 0.3) is 0 Å². The number of aromatic nitrogens is 1. The quantitative estimate of drug-likeness (QED) is 0.742. The molecule has 2 N–H and O–H groups in total. The van der Waals surface area contributed by atoms with E-state index in [0.29, 0.717) is 11.2 Å². The van der Waals surface area contributed by atoms with Crippen LogP contribution in [0.3, 0.4) is 0 Å².